The van der Waals surface area contributed by atoms with Crippen molar-refractivity contribution in [1.82, 2.24) is 20.0 Å². The van der Waals surface area contributed by atoms with Gasteiger partial charge in [0, 0.05) is 37.9 Å². The number of carbonyl (C=O) groups excluding carboxylic acids is 1. The van der Waals surface area contributed by atoms with Gasteiger partial charge < -0.3 is 15.0 Å². The van der Waals surface area contributed by atoms with Crippen LogP contribution in [0.4, 0.5) is 0 Å². The molecule has 0 aliphatic heterocycles. The van der Waals surface area contributed by atoms with Crippen LogP contribution in [0.5, 0.6) is 0 Å². The number of nitrogens with one attached hydrogen (secondary N) is 2. The first kappa shape index (κ1) is 12.2. The second-order valence-corrected chi connectivity index (χ2v) is 4.94. The van der Waals surface area contributed by atoms with Gasteiger partial charge in [-0.2, -0.15) is 0 Å². The fraction of sp³-hybridized carbons (Fsp3) is 0.429. The van der Waals surface area contributed by atoms with Crippen LogP contribution < -0.4 is 10.6 Å². The lowest BCUT2D eigenvalue weighted by molar-refractivity contribution is -0.122. The van der Waals surface area contributed by atoms with Gasteiger partial charge in [-0.15, -0.1) is 0 Å². The molecule has 3 rings (SSSR count). The molecule has 2 N–H and O–H groups in total. The standard InChI is InChI=1S/C14H18N4O/c19-14(11-4-5-11)16-7-6-15-9-12-10-18-8-2-1-3-13(18)17-12/h1-3,8,10-11,15H,4-7,9H2,(H,16,19). The van der Waals surface area contributed by atoms with Gasteiger partial charge >= 0.3 is 0 Å². The molecule has 0 bridgehead atoms. The number of pyridine rings is 1. The summed E-state index contributed by atoms with van der Waals surface area (Å²) in [6.45, 7) is 2.18. The highest BCUT2D eigenvalue weighted by molar-refractivity contribution is 5.80. The highest BCUT2D eigenvalue weighted by atomic mass is 16.2. The van der Waals surface area contributed by atoms with Crippen LogP contribution >= 0.6 is 0 Å². The number of imidazole rings is 1. The number of amides is 1. The van der Waals surface area contributed by atoms with Gasteiger partial charge in [0.1, 0.15) is 5.65 Å². The lowest BCUT2D eigenvalue weighted by Crippen LogP contribution is -2.32. The van der Waals surface area contributed by atoms with Crippen LogP contribution in [0.15, 0.2) is 30.6 Å². The molecule has 2 aromatic rings. The van der Waals surface area contributed by atoms with E-state index in [0.717, 1.165) is 37.3 Å². The molecule has 5 nitrogen and oxygen atoms in total. The van der Waals surface area contributed by atoms with E-state index >= 15 is 0 Å². The van der Waals surface area contributed by atoms with Crippen LogP contribution in [-0.2, 0) is 11.3 Å². The molecule has 5 heteroatoms. The maximum absolute atomic E-state index is 11.4. The van der Waals surface area contributed by atoms with Crippen LogP contribution in [0.1, 0.15) is 18.5 Å². The number of aromatic nitrogens is 2. The summed E-state index contributed by atoms with van der Waals surface area (Å²) in [4.78, 5) is 15.9. The molecule has 19 heavy (non-hydrogen) atoms. The number of nitrogens with zero attached hydrogens (tertiary/aromatic N) is 2. The predicted molar refractivity (Wildman–Crippen MR) is 72.6 cm³/mol. The molecule has 1 aliphatic carbocycles. The van der Waals surface area contributed by atoms with E-state index in [0.29, 0.717) is 12.5 Å². The van der Waals surface area contributed by atoms with Gasteiger partial charge in [0.15, 0.2) is 0 Å². The topological polar surface area (TPSA) is 58.4 Å². The van der Waals surface area contributed by atoms with Gasteiger partial charge in [-0.3, -0.25) is 4.79 Å². The smallest absolute Gasteiger partial charge is 0.223 e. The second kappa shape index (κ2) is 5.40. The van der Waals surface area contributed by atoms with E-state index in [1.165, 1.54) is 0 Å². The number of fused-ring (bicyclic) bond motifs is 1. The van der Waals surface area contributed by atoms with E-state index in [-0.39, 0.29) is 5.91 Å². The molecule has 100 valence electrons. The first-order valence-electron chi connectivity index (χ1n) is 6.74. The van der Waals surface area contributed by atoms with E-state index in [9.17, 15) is 4.79 Å². The first-order chi connectivity index (χ1) is 9.33. The Morgan fingerprint density at radius 1 is 1.37 bits per heavy atom. The van der Waals surface area contributed by atoms with E-state index in [1.807, 2.05) is 35.0 Å². The van der Waals surface area contributed by atoms with Crippen molar-refractivity contribution < 1.29 is 4.79 Å². The third-order valence-corrected chi connectivity index (χ3v) is 3.27. The van der Waals surface area contributed by atoms with Crippen LogP contribution in [-0.4, -0.2) is 28.4 Å². The van der Waals surface area contributed by atoms with Gasteiger partial charge in [-0.25, -0.2) is 4.98 Å². The molecule has 0 spiro atoms. The zero-order valence-electron chi connectivity index (χ0n) is 10.8. The lowest BCUT2D eigenvalue weighted by atomic mass is 10.4. The third kappa shape index (κ3) is 3.12. The maximum atomic E-state index is 11.4. The average molecular weight is 258 g/mol. The molecule has 0 unspecified atom stereocenters. The summed E-state index contributed by atoms with van der Waals surface area (Å²) in [6, 6.07) is 5.95. The van der Waals surface area contributed by atoms with Crippen molar-refractivity contribution in [2.24, 2.45) is 5.92 Å². The van der Waals surface area contributed by atoms with E-state index in [1.54, 1.807) is 0 Å². The summed E-state index contributed by atoms with van der Waals surface area (Å²) in [5.74, 6) is 0.493. The van der Waals surface area contributed by atoms with Crippen molar-refractivity contribution in [3.8, 4) is 0 Å². The minimum Gasteiger partial charge on any atom is -0.355 e. The fourth-order valence-electron chi connectivity index (χ4n) is 2.05. The molecule has 0 saturated heterocycles. The van der Waals surface area contributed by atoms with Crippen LogP contribution in [0.25, 0.3) is 5.65 Å². The minimum absolute atomic E-state index is 0.203. The van der Waals surface area contributed by atoms with E-state index in [2.05, 4.69) is 15.6 Å². The van der Waals surface area contributed by atoms with Gasteiger partial charge in [0.25, 0.3) is 0 Å². The SMILES string of the molecule is O=C(NCCNCc1cn2ccccc2n1)C1CC1. The molecular weight excluding hydrogens is 240 g/mol. The third-order valence-electron chi connectivity index (χ3n) is 3.27. The Hall–Kier alpha value is -1.88. The highest BCUT2D eigenvalue weighted by Crippen LogP contribution is 2.28. The summed E-state index contributed by atoms with van der Waals surface area (Å²) < 4.78 is 2.01. The molecule has 0 aromatic carbocycles. The largest absolute Gasteiger partial charge is 0.355 e. The van der Waals surface area contributed by atoms with Crippen molar-refractivity contribution in [2.45, 2.75) is 19.4 Å². The Kier molecular flexibility index (Phi) is 3.46. The van der Waals surface area contributed by atoms with Crippen molar-refractivity contribution in [1.29, 1.82) is 0 Å². The average Bonchev–Trinajstić information content (AvgIpc) is 3.18. The summed E-state index contributed by atoms with van der Waals surface area (Å²) in [5, 5.41) is 6.22. The molecule has 1 aliphatic rings. The monoisotopic (exact) mass is 258 g/mol. The van der Waals surface area contributed by atoms with Crippen molar-refractivity contribution in [3.63, 3.8) is 0 Å². The summed E-state index contributed by atoms with van der Waals surface area (Å²) in [7, 11) is 0. The Morgan fingerprint density at radius 3 is 3.05 bits per heavy atom. The molecule has 1 saturated carbocycles. The number of carbonyl (C=O) groups is 1. The van der Waals surface area contributed by atoms with Crippen LogP contribution in [0.3, 0.4) is 0 Å². The zero-order chi connectivity index (χ0) is 13.1. The Morgan fingerprint density at radius 2 is 2.26 bits per heavy atom. The van der Waals surface area contributed by atoms with Gasteiger partial charge in [-0.05, 0) is 25.0 Å². The zero-order valence-corrected chi connectivity index (χ0v) is 10.8. The van der Waals surface area contributed by atoms with Crippen molar-refractivity contribution in [2.75, 3.05) is 13.1 Å². The number of hydrogen-bond donors (Lipinski definition) is 2. The van der Waals surface area contributed by atoms with E-state index in [4.69, 9.17) is 0 Å². The lowest BCUT2D eigenvalue weighted by Gasteiger charge is -2.04. The van der Waals surface area contributed by atoms with Crippen molar-refractivity contribution >= 4 is 11.6 Å². The molecule has 1 amide bonds. The van der Waals surface area contributed by atoms with E-state index < -0.39 is 0 Å². The summed E-state index contributed by atoms with van der Waals surface area (Å²) in [6.07, 6.45) is 6.12. The summed E-state index contributed by atoms with van der Waals surface area (Å²) in [5.41, 5.74) is 1.97. The molecule has 1 fully saturated rings. The number of hydrogen-bond acceptors (Lipinski definition) is 3. The fourth-order valence-corrected chi connectivity index (χ4v) is 2.05. The van der Waals surface area contributed by atoms with Gasteiger partial charge in [0.2, 0.25) is 5.91 Å². The Balaban J connectivity index is 1.40. The van der Waals surface area contributed by atoms with Crippen LogP contribution in [0, 0.1) is 5.92 Å². The molecule has 2 aromatic heterocycles. The Bertz CT molecular complexity index is 541. The van der Waals surface area contributed by atoms with Gasteiger partial charge in [0.05, 0.1) is 5.69 Å². The molecule has 2 heterocycles. The minimum atomic E-state index is 0.203. The molecule has 0 radical (unpaired) electrons. The second-order valence-electron chi connectivity index (χ2n) is 4.94. The van der Waals surface area contributed by atoms with Crippen LogP contribution in [0.2, 0.25) is 0 Å². The maximum Gasteiger partial charge on any atom is 0.223 e. The predicted octanol–water partition coefficient (Wildman–Crippen LogP) is 0.950. The first-order valence-corrected chi connectivity index (χ1v) is 6.74. The highest BCUT2D eigenvalue weighted by Gasteiger charge is 2.28. The summed E-state index contributed by atoms with van der Waals surface area (Å²) >= 11 is 0. The normalized spacial score (nSPS) is 14.7. The van der Waals surface area contributed by atoms with Crippen molar-refractivity contribution in [3.05, 3.63) is 36.3 Å². The molecular formula is C14H18N4O. The number of rotatable bonds is 6. The molecule has 0 atom stereocenters. The Labute approximate surface area is 112 Å². The quantitative estimate of drug-likeness (QED) is 0.758. The van der Waals surface area contributed by atoms with Gasteiger partial charge in [-0.1, -0.05) is 6.07 Å².